The molecule has 0 saturated carbocycles. The first-order chi connectivity index (χ1) is 16.4. The first-order valence-electron chi connectivity index (χ1n) is 11.3. The van der Waals surface area contributed by atoms with Gasteiger partial charge in [-0.3, -0.25) is 14.5 Å². The topological polar surface area (TPSA) is 97.0 Å². The van der Waals surface area contributed by atoms with Crippen LogP contribution in [0.15, 0.2) is 48.5 Å². The van der Waals surface area contributed by atoms with Crippen molar-refractivity contribution in [3.63, 3.8) is 0 Å². The number of amides is 4. The maximum absolute atomic E-state index is 13.7. The third kappa shape index (κ3) is 5.04. The van der Waals surface area contributed by atoms with Crippen molar-refractivity contribution in [3.8, 4) is 5.75 Å². The van der Waals surface area contributed by atoms with E-state index in [2.05, 4.69) is 10.6 Å². The van der Waals surface area contributed by atoms with Gasteiger partial charge in [-0.2, -0.15) is 0 Å². The van der Waals surface area contributed by atoms with E-state index in [-0.39, 0.29) is 31.0 Å². The number of halogens is 1. The molecule has 2 aromatic carbocycles. The molecule has 2 saturated heterocycles. The zero-order chi connectivity index (χ0) is 24.1. The molecule has 9 heteroatoms. The SMILES string of the molecule is COc1ccc(C2(CN3C(=O)N[C@H](CCC(=O)Nc4ccccc4F)C3=O)CCOCC2)cc1. The van der Waals surface area contributed by atoms with Gasteiger partial charge in [0.1, 0.15) is 17.6 Å². The van der Waals surface area contributed by atoms with Crippen LogP contribution >= 0.6 is 0 Å². The van der Waals surface area contributed by atoms with Crippen LogP contribution in [-0.4, -0.2) is 55.7 Å². The van der Waals surface area contributed by atoms with Crippen molar-refractivity contribution in [2.45, 2.75) is 37.1 Å². The highest BCUT2D eigenvalue weighted by atomic mass is 19.1. The third-order valence-corrected chi connectivity index (χ3v) is 6.53. The molecule has 0 spiro atoms. The second-order valence-corrected chi connectivity index (χ2v) is 8.61. The van der Waals surface area contributed by atoms with Crippen molar-refractivity contribution in [1.29, 1.82) is 0 Å². The Morgan fingerprint density at radius 1 is 1.18 bits per heavy atom. The summed E-state index contributed by atoms with van der Waals surface area (Å²) in [4.78, 5) is 39.3. The molecule has 2 aliphatic rings. The molecule has 0 unspecified atom stereocenters. The monoisotopic (exact) mass is 469 g/mol. The van der Waals surface area contributed by atoms with Crippen molar-refractivity contribution in [1.82, 2.24) is 10.2 Å². The van der Waals surface area contributed by atoms with Gasteiger partial charge < -0.3 is 20.1 Å². The lowest BCUT2D eigenvalue weighted by atomic mass is 9.73. The first kappa shape index (κ1) is 23.7. The Hall–Kier alpha value is -3.46. The molecule has 2 fully saturated rings. The Morgan fingerprint density at radius 2 is 1.88 bits per heavy atom. The molecular weight excluding hydrogens is 441 g/mol. The van der Waals surface area contributed by atoms with Crippen molar-refractivity contribution >= 4 is 23.5 Å². The Labute approximate surface area is 197 Å². The minimum absolute atomic E-state index is 0.0314. The molecule has 2 N–H and O–H groups in total. The normalized spacial score (nSPS) is 19.6. The number of methoxy groups -OCH3 is 1. The Morgan fingerprint density at radius 3 is 2.56 bits per heavy atom. The second-order valence-electron chi connectivity index (χ2n) is 8.61. The van der Waals surface area contributed by atoms with Gasteiger partial charge in [-0.25, -0.2) is 9.18 Å². The molecular formula is C25H28FN3O5. The molecule has 8 nitrogen and oxygen atoms in total. The van der Waals surface area contributed by atoms with Gasteiger partial charge >= 0.3 is 6.03 Å². The standard InChI is InChI=1S/C25H28FN3O5/c1-33-18-8-6-17(7-9-18)25(12-14-34-15-13-25)16-29-23(31)21(28-24(29)32)10-11-22(30)27-20-5-3-2-4-19(20)26/h2-9,21H,10-16H2,1H3,(H,27,30)(H,28,32)/t21-/m1/s1. The summed E-state index contributed by atoms with van der Waals surface area (Å²) in [6.07, 6.45) is 1.44. The Bertz CT molecular complexity index is 1050. The fourth-order valence-electron chi connectivity index (χ4n) is 4.52. The van der Waals surface area contributed by atoms with Gasteiger partial charge in [0.25, 0.3) is 5.91 Å². The van der Waals surface area contributed by atoms with Crippen LogP contribution in [0.5, 0.6) is 5.75 Å². The number of ether oxygens (including phenoxy) is 2. The predicted octanol–water partition coefficient (Wildman–Crippen LogP) is 3.22. The van der Waals surface area contributed by atoms with Gasteiger partial charge in [-0.15, -0.1) is 0 Å². The molecule has 0 aliphatic carbocycles. The van der Waals surface area contributed by atoms with Crippen molar-refractivity contribution in [2.75, 3.05) is 32.2 Å². The summed E-state index contributed by atoms with van der Waals surface area (Å²) >= 11 is 0. The number of imide groups is 1. The van der Waals surface area contributed by atoms with E-state index in [0.29, 0.717) is 26.1 Å². The van der Waals surface area contributed by atoms with Crippen LogP contribution in [0.1, 0.15) is 31.2 Å². The number of benzene rings is 2. The Kier molecular flexibility index (Phi) is 7.12. The molecule has 0 aromatic heterocycles. The van der Waals surface area contributed by atoms with Gasteiger partial charge in [-0.05, 0) is 49.1 Å². The molecule has 0 radical (unpaired) electrons. The lowest BCUT2D eigenvalue weighted by Gasteiger charge is -2.39. The number of carbonyl (C=O) groups is 3. The van der Waals surface area contributed by atoms with E-state index in [1.807, 2.05) is 24.3 Å². The van der Waals surface area contributed by atoms with Crippen LogP contribution in [0.4, 0.5) is 14.9 Å². The maximum Gasteiger partial charge on any atom is 0.324 e. The van der Waals surface area contributed by atoms with E-state index in [0.717, 1.165) is 11.3 Å². The van der Waals surface area contributed by atoms with Gasteiger partial charge in [0, 0.05) is 31.6 Å². The van der Waals surface area contributed by atoms with E-state index in [9.17, 15) is 18.8 Å². The predicted molar refractivity (Wildman–Crippen MR) is 123 cm³/mol. The number of urea groups is 1. The molecule has 2 heterocycles. The maximum atomic E-state index is 13.7. The number of nitrogens with zero attached hydrogens (tertiary/aromatic N) is 1. The molecule has 4 rings (SSSR count). The highest BCUT2D eigenvalue weighted by Crippen LogP contribution is 2.37. The van der Waals surface area contributed by atoms with Crippen LogP contribution in [0.25, 0.3) is 0 Å². The van der Waals surface area contributed by atoms with Crippen LogP contribution < -0.4 is 15.4 Å². The summed E-state index contributed by atoms with van der Waals surface area (Å²) in [5, 5.41) is 5.19. The van der Waals surface area contributed by atoms with Gasteiger partial charge in [0.2, 0.25) is 5.91 Å². The number of nitrogens with one attached hydrogen (secondary N) is 2. The average Bonchev–Trinajstić information content (AvgIpc) is 3.12. The quantitative estimate of drug-likeness (QED) is 0.579. The first-order valence-corrected chi connectivity index (χ1v) is 11.3. The largest absolute Gasteiger partial charge is 0.497 e. The van der Waals surface area contributed by atoms with Gasteiger partial charge in [-0.1, -0.05) is 24.3 Å². The van der Waals surface area contributed by atoms with Gasteiger partial charge in [0.15, 0.2) is 0 Å². The molecule has 0 bridgehead atoms. The number of rotatable bonds is 8. The number of para-hydroxylation sites is 1. The summed E-state index contributed by atoms with van der Waals surface area (Å²) in [5.74, 6) is -0.588. The highest BCUT2D eigenvalue weighted by Gasteiger charge is 2.44. The molecule has 1 atom stereocenters. The molecule has 2 aromatic rings. The zero-order valence-corrected chi connectivity index (χ0v) is 19.0. The molecule has 2 aliphatic heterocycles. The lowest BCUT2D eigenvalue weighted by Crippen LogP contribution is -2.47. The van der Waals surface area contributed by atoms with E-state index >= 15 is 0 Å². The fraction of sp³-hybridized carbons (Fsp3) is 0.400. The average molecular weight is 470 g/mol. The summed E-state index contributed by atoms with van der Waals surface area (Å²) < 4.78 is 24.6. The lowest BCUT2D eigenvalue weighted by molar-refractivity contribution is -0.128. The third-order valence-electron chi connectivity index (χ3n) is 6.53. The number of hydrogen-bond acceptors (Lipinski definition) is 5. The number of carbonyl (C=O) groups excluding carboxylic acids is 3. The van der Waals surface area contributed by atoms with Crippen molar-refractivity contribution < 1.29 is 28.2 Å². The smallest absolute Gasteiger partial charge is 0.324 e. The second kappa shape index (κ2) is 10.2. The number of hydrogen-bond donors (Lipinski definition) is 2. The van der Waals surface area contributed by atoms with E-state index in [4.69, 9.17) is 9.47 Å². The van der Waals surface area contributed by atoms with Crippen LogP contribution in [0.2, 0.25) is 0 Å². The summed E-state index contributed by atoms with van der Waals surface area (Å²) in [6, 6.07) is 12.3. The van der Waals surface area contributed by atoms with Crippen molar-refractivity contribution in [3.05, 3.63) is 59.9 Å². The summed E-state index contributed by atoms with van der Waals surface area (Å²) in [6.45, 7) is 1.30. The fourth-order valence-corrected chi connectivity index (χ4v) is 4.52. The highest BCUT2D eigenvalue weighted by molar-refractivity contribution is 6.04. The van der Waals surface area contributed by atoms with E-state index in [1.54, 1.807) is 13.2 Å². The number of anilines is 1. The molecule has 4 amide bonds. The Balaban J connectivity index is 1.41. The summed E-state index contributed by atoms with van der Waals surface area (Å²) in [5.41, 5.74) is 0.677. The van der Waals surface area contributed by atoms with Crippen LogP contribution in [-0.2, 0) is 19.7 Å². The summed E-state index contributed by atoms with van der Waals surface area (Å²) in [7, 11) is 1.60. The van der Waals surface area contributed by atoms with Crippen molar-refractivity contribution in [2.24, 2.45) is 0 Å². The molecule has 34 heavy (non-hydrogen) atoms. The van der Waals surface area contributed by atoms with Gasteiger partial charge in [0.05, 0.1) is 12.8 Å². The minimum atomic E-state index is -0.799. The van der Waals surface area contributed by atoms with Crippen LogP contribution in [0.3, 0.4) is 0 Å². The van der Waals surface area contributed by atoms with E-state index < -0.39 is 29.2 Å². The van der Waals surface area contributed by atoms with E-state index in [1.165, 1.54) is 23.1 Å². The van der Waals surface area contributed by atoms with Crippen LogP contribution in [0, 0.1) is 5.82 Å². The minimum Gasteiger partial charge on any atom is -0.497 e. The zero-order valence-electron chi connectivity index (χ0n) is 19.0. The molecule has 180 valence electrons.